The Hall–Kier alpha value is -2.38. The van der Waals surface area contributed by atoms with Gasteiger partial charge in [-0.3, -0.25) is 14.3 Å². The second-order valence-corrected chi connectivity index (χ2v) is 3.67. The van der Waals surface area contributed by atoms with E-state index in [1.165, 1.54) is 10.7 Å². The maximum absolute atomic E-state index is 11.6. The Balaban J connectivity index is 2.63. The van der Waals surface area contributed by atoms with Gasteiger partial charge >= 0.3 is 11.9 Å². The lowest BCUT2D eigenvalue weighted by molar-refractivity contribution is -0.140. The molecule has 1 atom stereocenters. The molecule has 8 heteroatoms. The first kappa shape index (κ1) is 13.7. The zero-order valence-electron chi connectivity index (χ0n) is 9.66. The van der Waals surface area contributed by atoms with E-state index < -0.39 is 23.9 Å². The molecule has 8 nitrogen and oxygen atoms in total. The fraction of sp³-hybridized carbons (Fsp3) is 0.400. The van der Waals surface area contributed by atoms with Crippen molar-refractivity contribution in [2.24, 2.45) is 7.05 Å². The largest absolute Gasteiger partial charge is 0.481 e. The van der Waals surface area contributed by atoms with E-state index in [0.717, 1.165) is 0 Å². The first-order chi connectivity index (χ1) is 8.40. The summed E-state index contributed by atoms with van der Waals surface area (Å²) >= 11 is 0. The van der Waals surface area contributed by atoms with Crippen LogP contribution in [-0.2, 0) is 16.6 Å². The summed E-state index contributed by atoms with van der Waals surface area (Å²) in [4.78, 5) is 32.8. The lowest BCUT2D eigenvalue weighted by Gasteiger charge is -2.12. The van der Waals surface area contributed by atoms with Crippen LogP contribution in [-0.4, -0.2) is 43.9 Å². The first-order valence-electron chi connectivity index (χ1n) is 5.15. The van der Waals surface area contributed by atoms with Crippen LogP contribution < -0.4 is 5.32 Å². The minimum atomic E-state index is -1.28. The van der Waals surface area contributed by atoms with Crippen molar-refractivity contribution in [3.05, 3.63) is 18.0 Å². The van der Waals surface area contributed by atoms with Gasteiger partial charge in [-0.25, -0.2) is 4.79 Å². The summed E-state index contributed by atoms with van der Waals surface area (Å²) in [7, 11) is 1.62. The summed E-state index contributed by atoms with van der Waals surface area (Å²) in [6.07, 6.45) is 1.03. The molecule has 1 unspecified atom stereocenters. The second-order valence-electron chi connectivity index (χ2n) is 3.67. The highest BCUT2D eigenvalue weighted by Gasteiger charge is 2.22. The number of aromatic nitrogens is 2. The summed E-state index contributed by atoms with van der Waals surface area (Å²) in [6.45, 7) is 0. The number of hydrogen-bond donors (Lipinski definition) is 3. The molecule has 0 saturated heterocycles. The molecule has 0 bridgehead atoms. The lowest BCUT2D eigenvalue weighted by atomic mass is 10.1. The van der Waals surface area contributed by atoms with E-state index in [0.29, 0.717) is 0 Å². The van der Waals surface area contributed by atoms with Gasteiger partial charge in [0, 0.05) is 19.7 Å². The number of carboxylic acid groups (broad SMARTS) is 2. The molecule has 0 radical (unpaired) electrons. The molecule has 1 rings (SSSR count). The standard InChI is InChI=1S/C10H13N3O5/c1-13-5-4-6(12-13)9(16)11-7(10(17)18)2-3-8(14)15/h4-5,7H,2-3H2,1H3,(H,11,16)(H,14,15)(H,17,18). The minimum Gasteiger partial charge on any atom is -0.481 e. The predicted molar refractivity (Wildman–Crippen MR) is 59.0 cm³/mol. The average Bonchev–Trinajstić information content (AvgIpc) is 2.70. The summed E-state index contributed by atoms with van der Waals surface area (Å²) < 4.78 is 1.40. The number of carbonyl (C=O) groups excluding carboxylic acids is 1. The van der Waals surface area contributed by atoms with Crippen molar-refractivity contribution >= 4 is 17.8 Å². The third-order valence-corrected chi connectivity index (χ3v) is 2.20. The average molecular weight is 255 g/mol. The normalized spacial score (nSPS) is 11.8. The molecule has 0 fully saturated rings. The molecule has 3 N–H and O–H groups in total. The van der Waals surface area contributed by atoms with Crippen LogP contribution in [0.25, 0.3) is 0 Å². The highest BCUT2D eigenvalue weighted by atomic mass is 16.4. The Morgan fingerprint density at radius 2 is 2.11 bits per heavy atom. The van der Waals surface area contributed by atoms with Crippen LogP contribution in [0.3, 0.4) is 0 Å². The predicted octanol–water partition coefficient (Wildman–Crippen LogP) is -0.532. The van der Waals surface area contributed by atoms with E-state index in [9.17, 15) is 14.4 Å². The third-order valence-electron chi connectivity index (χ3n) is 2.20. The molecule has 1 amide bonds. The second kappa shape index (κ2) is 5.80. The van der Waals surface area contributed by atoms with Gasteiger partial charge in [-0.15, -0.1) is 0 Å². The van der Waals surface area contributed by atoms with Gasteiger partial charge in [-0.2, -0.15) is 5.10 Å². The van der Waals surface area contributed by atoms with E-state index in [2.05, 4.69) is 10.4 Å². The molecule has 1 heterocycles. The molecule has 0 aromatic carbocycles. The number of carboxylic acids is 2. The van der Waals surface area contributed by atoms with Gasteiger partial charge in [-0.05, 0) is 12.5 Å². The van der Waals surface area contributed by atoms with E-state index in [1.54, 1.807) is 13.2 Å². The highest BCUT2D eigenvalue weighted by Crippen LogP contribution is 2.01. The van der Waals surface area contributed by atoms with Crippen LogP contribution in [0.5, 0.6) is 0 Å². The zero-order valence-corrected chi connectivity index (χ0v) is 9.66. The Morgan fingerprint density at radius 3 is 2.56 bits per heavy atom. The fourth-order valence-electron chi connectivity index (χ4n) is 1.29. The first-order valence-corrected chi connectivity index (χ1v) is 5.15. The smallest absolute Gasteiger partial charge is 0.326 e. The lowest BCUT2D eigenvalue weighted by Crippen LogP contribution is -2.41. The molecule has 0 saturated carbocycles. The Labute approximate surface area is 102 Å². The number of nitrogens with one attached hydrogen (secondary N) is 1. The number of carbonyl (C=O) groups is 3. The van der Waals surface area contributed by atoms with Crippen molar-refractivity contribution in [3.63, 3.8) is 0 Å². The van der Waals surface area contributed by atoms with Gasteiger partial charge in [0.05, 0.1) is 0 Å². The summed E-state index contributed by atoms with van der Waals surface area (Å²) in [5.41, 5.74) is 0.0825. The van der Waals surface area contributed by atoms with Crippen LogP contribution in [0.4, 0.5) is 0 Å². The zero-order chi connectivity index (χ0) is 13.7. The van der Waals surface area contributed by atoms with Crippen molar-refractivity contribution in [3.8, 4) is 0 Å². The van der Waals surface area contributed by atoms with Crippen molar-refractivity contribution in [2.75, 3.05) is 0 Å². The summed E-state index contributed by atoms with van der Waals surface area (Å²) in [6, 6.07) is 0.196. The summed E-state index contributed by atoms with van der Waals surface area (Å²) in [5.74, 6) is -3.04. The van der Waals surface area contributed by atoms with Crippen LogP contribution in [0, 0.1) is 0 Å². The Morgan fingerprint density at radius 1 is 1.44 bits per heavy atom. The van der Waals surface area contributed by atoms with Crippen LogP contribution in [0.2, 0.25) is 0 Å². The Bertz CT molecular complexity index is 468. The molecule has 18 heavy (non-hydrogen) atoms. The number of aryl methyl sites for hydroxylation is 1. The van der Waals surface area contributed by atoms with Crippen molar-refractivity contribution < 1.29 is 24.6 Å². The van der Waals surface area contributed by atoms with E-state index in [4.69, 9.17) is 10.2 Å². The molecule has 0 aliphatic carbocycles. The highest BCUT2D eigenvalue weighted by molar-refractivity contribution is 5.94. The third kappa shape index (κ3) is 3.89. The number of amides is 1. The Kier molecular flexibility index (Phi) is 4.41. The van der Waals surface area contributed by atoms with E-state index in [1.807, 2.05) is 0 Å². The van der Waals surface area contributed by atoms with Gasteiger partial charge in [0.15, 0.2) is 0 Å². The molecule has 98 valence electrons. The van der Waals surface area contributed by atoms with Crippen LogP contribution in [0.15, 0.2) is 12.3 Å². The number of aliphatic carboxylic acids is 2. The van der Waals surface area contributed by atoms with Gasteiger partial charge in [0.25, 0.3) is 5.91 Å². The van der Waals surface area contributed by atoms with Gasteiger partial charge in [-0.1, -0.05) is 0 Å². The van der Waals surface area contributed by atoms with E-state index in [-0.39, 0.29) is 18.5 Å². The number of rotatable bonds is 6. The molecule has 0 spiro atoms. The fourth-order valence-corrected chi connectivity index (χ4v) is 1.29. The maximum atomic E-state index is 11.6. The molecule has 0 aliphatic rings. The van der Waals surface area contributed by atoms with Gasteiger partial charge in [0.1, 0.15) is 11.7 Å². The molecule has 1 aromatic rings. The van der Waals surface area contributed by atoms with E-state index >= 15 is 0 Å². The molecular formula is C10H13N3O5. The van der Waals surface area contributed by atoms with Gasteiger partial charge < -0.3 is 15.5 Å². The van der Waals surface area contributed by atoms with Crippen LogP contribution >= 0.6 is 0 Å². The van der Waals surface area contributed by atoms with Crippen molar-refractivity contribution in [1.82, 2.24) is 15.1 Å². The number of nitrogens with zero attached hydrogens (tertiary/aromatic N) is 2. The number of hydrogen-bond acceptors (Lipinski definition) is 4. The molecule has 0 aliphatic heterocycles. The quantitative estimate of drug-likeness (QED) is 0.628. The maximum Gasteiger partial charge on any atom is 0.326 e. The summed E-state index contributed by atoms with van der Waals surface area (Å²) in [5, 5.41) is 23.4. The van der Waals surface area contributed by atoms with Crippen LogP contribution in [0.1, 0.15) is 23.3 Å². The van der Waals surface area contributed by atoms with Crippen molar-refractivity contribution in [2.45, 2.75) is 18.9 Å². The monoisotopic (exact) mass is 255 g/mol. The van der Waals surface area contributed by atoms with Crippen molar-refractivity contribution in [1.29, 1.82) is 0 Å². The SMILES string of the molecule is Cn1ccc(C(=O)NC(CCC(=O)O)C(=O)O)n1. The van der Waals surface area contributed by atoms with Gasteiger partial charge in [0.2, 0.25) is 0 Å². The molecular weight excluding hydrogens is 242 g/mol. The topological polar surface area (TPSA) is 122 Å². The minimum absolute atomic E-state index is 0.0825. The molecule has 1 aromatic heterocycles.